The molecule has 1 N–H and O–H groups in total. The van der Waals surface area contributed by atoms with E-state index in [4.69, 9.17) is 4.74 Å². The van der Waals surface area contributed by atoms with E-state index in [1.54, 1.807) is 7.11 Å². The molecular weight excluding hydrogens is 338 g/mol. The van der Waals surface area contributed by atoms with Crippen LogP contribution in [-0.2, 0) is 11.2 Å². The van der Waals surface area contributed by atoms with Gasteiger partial charge in [0.15, 0.2) is 0 Å². The molecule has 4 rings (SSSR count). The van der Waals surface area contributed by atoms with Crippen LogP contribution >= 0.6 is 0 Å². The van der Waals surface area contributed by atoms with E-state index in [2.05, 4.69) is 45.4 Å². The van der Waals surface area contributed by atoms with Crippen LogP contribution in [0.2, 0.25) is 0 Å². The second-order valence-corrected chi connectivity index (χ2v) is 7.21. The number of carbonyl (C=O) groups is 1. The van der Waals surface area contributed by atoms with Gasteiger partial charge in [0.1, 0.15) is 5.75 Å². The lowest BCUT2D eigenvalue weighted by Gasteiger charge is -2.49. The van der Waals surface area contributed by atoms with Gasteiger partial charge >= 0.3 is 0 Å². The van der Waals surface area contributed by atoms with Crippen LogP contribution in [0.4, 0.5) is 11.4 Å². The molecule has 1 saturated heterocycles. The number of methoxy groups -OCH3 is 1. The van der Waals surface area contributed by atoms with E-state index in [0.717, 1.165) is 37.5 Å². The molecule has 0 saturated carbocycles. The molecule has 2 atom stereocenters. The molecule has 2 aromatic carbocycles. The molecule has 0 bridgehead atoms. The van der Waals surface area contributed by atoms with Crippen molar-refractivity contribution in [2.75, 3.05) is 43.1 Å². The SMILES string of the molecule is CCNC(=O)[C@@H]1Cc2ccccc2N2CCN(c3ccccc3OC)C[C@H]12. The van der Waals surface area contributed by atoms with E-state index >= 15 is 0 Å². The Bertz CT molecular complexity index is 823. The molecule has 5 heteroatoms. The Morgan fingerprint density at radius 2 is 1.85 bits per heavy atom. The van der Waals surface area contributed by atoms with E-state index in [0.29, 0.717) is 6.54 Å². The molecule has 0 spiro atoms. The zero-order chi connectivity index (χ0) is 18.8. The third-order valence-corrected chi connectivity index (χ3v) is 5.74. The molecule has 27 heavy (non-hydrogen) atoms. The van der Waals surface area contributed by atoms with Crippen molar-refractivity contribution in [3.63, 3.8) is 0 Å². The van der Waals surface area contributed by atoms with Crippen LogP contribution in [0.1, 0.15) is 12.5 Å². The summed E-state index contributed by atoms with van der Waals surface area (Å²) in [4.78, 5) is 17.6. The first-order chi connectivity index (χ1) is 13.2. The van der Waals surface area contributed by atoms with Crippen LogP contribution < -0.4 is 19.9 Å². The highest BCUT2D eigenvalue weighted by Gasteiger charge is 2.41. The Labute approximate surface area is 160 Å². The van der Waals surface area contributed by atoms with Crippen LogP contribution in [0.25, 0.3) is 0 Å². The number of nitrogens with zero attached hydrogens (tertiary/aromatic N) is 2. The summed E-state index contributed by atoms with van der Waals surface area (Å²) in [6.45, 7) is 5.27. The van der Waals surface area contributed by atoms with Crippen LogP contribution in [0.3, 0.4) is 0 Å². The fourth-order valence-electron chi connectivity index (χ4n) is 4.47. The van der Waals surface area contributed by atoms with Crippen molar-refractivity contribution in [1.29, 1.82) is 0 Å². The highest BCUT2D eigenvalue weighted by atomic mass is 16.5. The maximum absolute atomic E-state index is 12.8. The van der Waals surface area contributed by atoms with Crippen LogP contribution in [0.15, 0.2) is 48.5 Å². The summed E-state index contributed by atoms with van der Waals surface area (Å²) in [6.07, 6.45) is 0.795. The Kier molecular flexibility index (Phi) is 4.92. The molecule has 142 valence electrons. The molecule has 0 aliphatic carbocycles. The fourth-order valence-corrected chi connectivity index (χ4v) is 4.47. The van der Waals surface area contributed by atoms with Crippen molar-refractivity contribution >= 4 is 17.3 Å². The molecule has 2 aliphatic rings. The van der Waals surface area contributed by atoms with Gasteiger partial charge < -0.3 is 19.9 Å². The topological polar surface area (TPSA) is 44.8 Å². The van der Waals surface area contributed by atoms with Gasteiger partial charge in [0.2, 0.25) is 5.91 Å². The third-order valence-electron chi connectivity index (χ3n) is 5.74. The summed E-state index contributed by atoms with van der Waals surface area (Å²) >= 11 is 0. The molecule has 0 aromatic heterocycles. The van der Waals surface area contributed by atoms with Crippen molar-refractivity contribution in [1.82, 2.24) is 5.32 Å². The first-order valence-electron chi connectivity index (χ1n) is 9.73. The van der Waals surface area contributed by atoms with Gasteiger partial charge in [-0.25, -0.2) is 0 Å². The molecule has 2 aromatic rings. The number of nitrogens with one attached hydrogen (secondary N) is 1. The average Bonchev–Trinajstić information content (AvgIpc) is 2.72. The fraction of sp³-hybridized carbons (Fsp3) is 0.409. The number of anilines is 2. The van der Waals surface area contributed by atoms with Crippen LogP contribution in [-0.4, -0.2) is 45.2 Å². The lowest BCUT2D eigenvalue weighted by Crippen LogP contribution is -2.61. The number of para-hydroxylation sites is 3. The smallest absolute Gasteiger partial charge is 0.225 e. The Morgan fingerprint density at radius 1 is 1.11 bits per heavy atom. The molecular formula is C22H27N3O2. The Balaban J connectivity index is 1.67. The van der Waals surface area contributed by atoms with Gasteiger partial charge in [0.05, 0.1) is 24.8 Å². The first-order valence-corrected chi connectivity index (χ1v) is 9.73. The highest BCUT2D eigenvalue weighted by molar-refractivity contribution is 5.82. The van der Waals surface area contributed by atoms with E-state index < -0.39 is 0 Å². The molecule has 1 amide bonds. The number of ether oxygens (including phenoxy) is 1. The second-order valence-electron chi connectivity index (χ2n) is 7.21. The number of piperazine rings is 1. The lowest BCUT2D eigenvalue weighted by atomic mass is 9.83. The zero-order valence-corrected chi connectivity index (χ0v) is 16.0. The number of hydrogen-bond donors (Lipinski definition) is 1. The predicted molar refractivity (Wildman–Crippen MR) is 109 cm³/mol. The minimum absolute atomic E-state index is 0.0441. The Morgan fingerprint density at radius 3 is 2.63 bits per heavy atom. The van der Waals surface area contributed by atoms with Crippen molar-refractivity contribution in [3.8, 4) is 5.75 Å². The zero-order valence-electron chi connectivity index (χ0n) is 16.0. The molecule has 2 heterocycles. The van der Waals surface area contributed by atoms with Gasteiger partial charge in [-0.1, -0.05) is 30.3 Å². The van der Waals surface area contributed by atoms with Gasteiger partial charge in [-0.3, -0.25) is 4.79 Å². The number of rotatable bonds is 4. The van der Waals surface area contributed by atoms with E-state index in [9.17, 15) is 4.79 Å². The summed E-state index contributed by atoms with van der Waals surface area (Å²) in [6, 6.07) is 16.8. The van der Waals surface area contributed by atoms with Gasteiger partial charge in [-0.05, 0) is 37.1 Å². The maximum Gasteiger partial charge on any atom is 0.225 e. The number of carbonyl (C=O) groups excluding carboxylic acids is 1. The maximum atomic E-state index is 12.8. The number of amides is 1. The quantitative estimate of drug-likeness (QED) is 0.905. The van der Waals surface area contributed by atoms with Gasteiger partial charge in [-0.2, -0.15) is 0 Å². The second kappa shape index (κ2) is 7.51. The normalized spacial score (nSPS) is 21.3. The highest BCUT2D eigenvalue weighted by Crippen LogP contribution is 2.38. The number of fused-ring (bicyclic) bond motifs is 3. The lowest BCUT2D eigenvalue weighted by molar-refractivity contribution is -0.125. The predicted octanol–water partition coefficient (Wildman–Crippen LogP) is 2.70. The van der Waals surface area contributed by atoms with Crippen molar-refractivity contribution in [2.24, 2.45) is 5.92 Å². The summed E-state index contributed by atoms with van der Waals surface area (Å²) in [5.41, 5.74) is 3.66. The standard InChI is InChI=1S/C22H27N3O2/c1-3-23-22(26)17-14-16-8-4-5-9-18(16)25-13-12-24(15-20(17)25)19-10-6-7-11-21(19)27-2/h4-11,17,20H,3,12-15H2,1-2H3,(H,23,26)/t17-,20-/m1/s1. The Hall–Kier alpha value is -2.69. The van der Waals surface area contributed by atoms with Crippen molar-refractivity contribution in [2.45, 2.75) is 19.4 Å². The van der Waals surface area contributed by atoms with Crippen molar-refractivity contribution < 1.29 is 9.53 Å². The minimum atomic E-state index is -0.0441. The molecule has 5 nitrogen and oxygen atoms in total. The largest absolute Gasteiger partial charge is 0.495 e. The average molecular weight is 365 g/mol. The molecule has 2 aliphatic heterocycles. The number of hydrogen-bond acceptors (Lipinski definition) is 4. The summed E-state index contributed by atoms with van der Waals surface area (Å²) in [5.74, 6) is 0.998. The molecule has 0 radical (unpaired) electrons. The summed E-state index contributed by atoms with van der Waals surface area (Å²) < 4.78 is 5.57. The van der Waals surface area contributed by atoms with Gasteiger partial charge in [0, 0.05) is 31.9 Å². The van der Waals surface area contributed by atoms with Gasteiger partial charge in [0.25, 0.3) is 0 Å². The third kappa shape index (κ3) is 3.22. The van der Waals surface area contributed by atoms with E-state index in [-0.39, 0.29) is 17.9 Å². The van der Waals surface area contributed by atoms with Crippen molar-refractivity contribution in [3.05, 3.63) is 54.1 Å². The number of benzene rings is 2. The first kappa shape index (κ1) is 17.7. The van der Waals surface area contributed by atoms with E-state index in [1.807, 2.05) is 25.1 Å². The molecule has 1 fully saturated rings. The monoisotopic (exact) mass is 365 g/mol. The van der Waals surface area contributed by atoms with Crippen LogP contribution in [0, 0.1) is 5.92 Å². The summed E-state index contributed by atoms with van der Waals surface area (Å²) in [7, 11) is 1.71. The van der Waals surface area contributed by atoms with Gasteiger partial charge in [-0.15, -0.1) is 0 Å². The van der Waals surface area contributed by atoms with Crippen LogP contribution in [0.5, 0.6) is 5.75 Å². The minimum Gasteiger partial charge on any atom is -0.495 e. The summed E-state index contributed by atoms with van der Waals surface area (Å²) in [5, 5.41) is 3.05. The van der Waals surface area contributed by atoms with E-state index in [1.165, 1.54) is 11.3 Å². The molecule has 0 unspecified atom stereocenters.